The number of hydrogen-bond donors (Lipinski definition) is 1. The van der Waals surface area contributed by atoms with Gasteiger partial charge in [-0.05, 0) is 36.1 Å². The zero-order chi connectivity index (χ0) is 19.4. The molecule has 26 heavy (non-hydrogen) atoms. The Morgan fingerprint density at radius 2 is 1.81 bits per heavy atom. The Kier molecular flexibility index (Phi) is 4.81. The summed E-state index contributed by atoms with van der Waals surface area (Å²) in [4.78, 5) is 22.2. The molecule has 0 spiro atoms. The van der Waals surface area contributed by atoms with Crippen LogP contribution in [0.4, 0.5) is 0 Å². The molecular formula is C19H14Cl4O3. The lowest BCUT2D eigenvalue weighted by Crippen LogP contribution is -2.64. The standard InChI is InChI=1S/C19H14Cl4O3/c1-3-10-6-7-18(22)16(25)14(20)15(21)17(26)19(18,23)13(10)11-4-5-12(24)9(2)8-11/h3-6,8,13,24H,1,7H2,2H3. The van der Waals surface area contributed by atoms with Crippen molar-refractivity contribution < 1.29 is 14.7 Å². The zero-order valence-corrected chi connectivity index (χ0v) is 16.7. The van der Waals surface area contributed by atoms with Gasteiger partial charge in [0.25, 0.3) is 0 Å². The molecule has 3 unspecified atom stereocenters. The van der Waals surface area contributed by atoms with Crippen molar-refractivity contribution >= 4 is 58.0 Å². The fraction of sp³-hybridized carbons (Fsp3) is 0.263. The van der Waals surface area contributed by atoms with Crippen LogP contribution < -0.4 is 0 Å². The third kappa shape index (κ3) is 2.41. The van der Waals surface area contributed by atoms with Crippen LogP contribution in [-0.4, -0.2) is 26.4 Å². The maximum atomic E-state index is 13.1. The van der Waals surface area contributed by atoms with Gasteiger partial charge < -0.3 is 5.11 Å². The van der Waals surface area contributed by atoms with Gasteiger partial charge >= 0.3 is 0 Å². The Balaban J connectivity index is 2.34. The molecule has 1 aromatic rings. The summed E-state index contributed by atoms with van der Waals surface area (Å²) in [5.41, 5.74) is 1.84. The van der Waals surface area contributed by atoms with E-state index in [4.69, 9.17) is 46.4 Å². The molecular weight excluding hydrogens is 418 g/mol. The van der Waals surface area contributed by atoms with Gasteiger partial charge in [0.15, 0.2) is 11.6 Å². The van der Waals surface area contributed by atoms with Crippen LogP contribution >= 0.6 is 46.4 Å². The molecule has 3 rings (SSSR count). The second kappa shape index (κ2) is 6.42. The molecule has 0 radical (unpaired) electrons. The summed E-state index contributed by atoms with van der Waals surface area (Å²) < 4.78 is 0. The largest absolute Gasteiger partial charge is 0.508 e. The predicted molar refractivity (Wildman–Crippen MR) is 104 cm³/mol. The summed E-state index contributed by atoms with van der Waals surface area (Å²) in [5, 5.41) is 9.00. The Morgan fingerprint density at radius 3 is 2.38 bits per heavy atom. The molecule has 3 atom stereocenters. The lowest BCUT2D eigenvalue weighted by atomic mass is 9.62. The fourth-order valence-electron chi connectivity index (χ4n) is 3.57. The summed E-state index contributed by atoms with van der Waals surface area (Å²) in [7, 11) is 0. The number of halogens is 4. The lowest BCUT2D eigenvalue weighted by molar-refractivity contribution is -0.127. The molecule has 1 N–H and O–H groups in total. The number of hydrogen-bond acceptors (Lipinski definition) is 3. The second-order valence-corrected chi connectivity index (χ2v) is 8.39. The van der Waals surface area contributed by atoms with Crippen molar-refractivity contribution in [3.8, 4) is 5.75 Å². The molecule has 3 nitrogen and oxygen atoms in total. The average Bonchev–Trinajstić information content (AvgIpc) is 2.62. The van der Waals surface area contributed by atoms with Crippen molar-refractivity contribution in [2.45, 2.75) is 29.0 Å². The number of benzene rings is 1. The van der Waals surface area contributed by atoms with Crippen molar-refractivity contribution in [2.75, 3.05) is 0 Å². The third-order valence-electron chi connectivity index (χ3n) is 5.00. The maximum Gasteiger partial charge on any atom is 0.199 e. The van der Waals surface area contributed by atoms with E-state index in [9.17, 15) is 14.7 Å². The van der Waals surface area contributed by atoms with Gasteiger partial charge in [0.1, 0.15) is 25.6 Å². The number of ketones is 2. The fourth-order valence-corrected chi connectivity index (χ4v) is 5.02. The summed E-state index contributed by atoms with van der Waals surface area (Å²) >= 11 is 25.5. The normalized spacial score (nSPS) is 31.6. The number of alkyl halides is 2. The van der Waals surface area contributed by atoms with Gasteiger partial charge in [0, 0.05) is 5.92 Å². The molecule has 1 aromatic carbocycles. The summed E-state index contributed by atoms with van der Waals surface area (Å²) in [6.07, 6.45) is 3.30. The van der Waals surface area contributed by atoms with E-state index in [1.165, 1.54) is 6.07 Å². The summed E-state index contributed by atoms with van der Waals surface area (Å²) in [5.74, 6) is -2.08. The number of rotatable bonds is 2. The Hall–Kier alpha value is -1.26. The van der Waals surface area contributed by atoms with Gasteiger partial charge in [0.05, 0.1) is 0 Å². The third-order valence-corrected chi connectivity index (χ3v) is 7.25. The van der Waals surface area contributed by atoms with Crippen LogP contribution in [0.2, 0.25) is 0 Å². The van der Waals surface area contributed by atoms with E-state index in [1.54, 1.807) is 31.2 Å². The van der Waals surface area contributed by atoms with E-state index < -0.39 is 37.3 Å². The van der Waals surface area contributed by atoms with E-state index >= 15 is 0 Å². The highest BCUT2D eigenvalue weighted by molar-refractivity contribution is 6.66. The highest BCUT2D eigenvalue weighted by atomic mass is 35.5. The van der Waals surface area contributed by atoms with Crippen LogP contribution in [0.3, 0.4) is 0 Å². The van der Waals surface area contributed by atoms with Crippen molar-refractivity contribution in [1.82, 2.24) is 0 Å². The highest BCUT2D eigenvalue weighted by Crippen LogP contribution is 2.59. The number of aryl methyl sites for hydroxylation is 1. The van der Waals surface area contributed by atoms with Gasteiger partial charge in [-0.2, -0.15) is 0 Å². The Morgan fingerprint density at radius 1 is 1.19 bits per heavy atom. The summed E-state index contributed by atoms with van der Waals surface area (Å²) in [6, 6.07) is 4.81. The van der Waals surface area contributed by atoms with Gasteiger partial charge in [-0.25, -0.2) is 0 Å². The number of allylic oxidation sites excluding steroid dienone is 5. The number of phenols is 1. The van der Waals surface area contributed by atoms with Crippen LogP contribution in [0.5, 0.6) is 5.75 Å². The van der Waals surface area contributed by atoms with Crippen molar-refractivity contribution in [2.24, 2.45) is 0 Å². The molecule has 0 saturated carbocycles. The first-order valence-corrected chi connectivity index (χ1v) is 9.25. The van der Waals surface area contributed by atoms with Gasteiger partial charge in [-0.3, -0.25) is 9.59 Å². The van der Waals surface area contributed by atoms with Crippen molar-refractivity contribution in [3.05, 3.63) is 63.7 Å². The first kappa shape index (κ1) is 19.5. The molecule has 136 valence electrons. The maximum absolute atomic E-state index is 13.1. The van der Waals surface area contributed by atoms with Gasteiger partial charge in [0.2, 0.25) is 0 Å². The van der Waals surface area contributed by atoms with E-state index in [2.05, 4.69) is 6.58 Å². The van der Waals surface area contributed by atoms with Crippen LogP contribution in [0.25, 0.3) is 0 Å². The molecule has 2 aliphatic rings. The Labute approximate surface area is 170 Å². The SMILES string of the molecule is C=CC1=CCC2(Cl)C(=O)C(Cl)=C(Cl)C(=O)C2(Cl)C1c1ccc(O)c(C)c1. The molecule has 0 saturated heterocycles. The minimum absolute atomic E-state index is 0.0118. The van der Waals surface area contributed by atoms with Crippen LogP contribution in [0, 0.1) is 6.92 Å². The number of fused-ring (bicyclic) bond motifs is 1. The lowest BCUT2D eigenvalue weighted by Gasteiger charge is -2.50. The van der Waals surface area contributed by atoms with E-state index in [0.717, 1.165) is 0 Å². The minimum Gasteiger partial charge on any atom is -0.508 e. The monoisotopic (exact) mass is 430 g/mol. The van der Waals surface area contributed by atoms with Gasteiger partial charge in [-0.1, -0.05) is 54.1 Å². The number of phenolic OH excluding ortho intramolecular Hbond substituents is 1. The minimum atomic E-state index is -1.87. The molecule has 0 fully saturated rings. The van der Waals surface area contributed by atoms with Crippen LogP contribution in [-0.2, 0) is 9.59 Å². The number of carbonyl (C=O) groups is 2. The van der Waals surface area contributed by atoms with E-state index in [-0.39, 0.29) is 12.2 Å². The first-order chi connectivity index (χ1) is 12.1. The number of carbonyl (C=O) groups excluding carboxylic acids is 2. The van der Waals surface area contributed by atoms with Crippen molar-refractivity contribution in [1.29, 1.82) is 0 Å². The highest BCUT2D eigenvalue weighted by Gasteiger charge is 2.68. The molecule has 0 aliphatic heterocycles. The zero-order valence-electron chi connectivity index (χ0n) is 13.7. The Bertz CT molecular complexity index is 917. The summed E-state index contributed by atoms with van der Waals surface area (Å²) in [6.45, 7) is 5.50. The van der Waals surface area contributed by atoms with Crippen LogP contribution in [0.15, 0.2) is 52.6 Å². The second-order valence-electron chi connectivity index (χ2n) is 6.39. The smallest absolute Gasteiger partial charge is 0.199 e. The van der Waals surface area contributed by atoms with Crippen molar-refractivity contribution in [3.63, 3.8) is 0 Å². The average molecular weight is 432 g/mol. The van der Waals surface area contributed by atoms with Gasteiger partial charge in [-0.15, -0.1) is 23.2 Å². The number of Topliss-reactive ketones (excluding diaryl/α,β-unsaturated/α-hetero) is 2. The predicted octanol–water partition coefficient (Wildman–Crippen LogP) is 5.10. The molecule has 0 aromatic heterocycles. The topological polar surface area (TPSA) is 54.4 Å². The molecule has 0 heterocycles. The van der Waals surface area contributed by atoms with E-state index in [1.807, 2.05) is 0 Å². The number of aromatic hydroxyl groups is 1. The molecule has 0 bridgehead atoms. The molecule has 7 heteroatoms. The molecule has 0 amide bonds. The first-order valence-electron chi connectivity index (χ1n) is 7.74. The molecule has 2 aliphatic carbocycles. The quantitative estimate of drug-likeness (QED) is 0.663. The van der Waals surface area contributed by atoms with E-state index in [0.29, 0.717) is 16.7 Å². The van der Waals surface area contributed by atoms with Crippen LogP contribution in [0.1, 0.15) is 23.5 Å².